The number of hydrogen-bond acceptors (Lipinski definition) is 1. The largest absolute Gasteiger partial charge is 0.154 e. The van der Waals surface area contributed by atoms with Crippen molar-refractivity contribution in [1.29, 1.82) is 0 Å². The molecule has 0 aromatic heterocycles. The Bertz CT molecular complexity index is 76.6. The fourth-order valence-electron chi connectivity index (χ4n) is 0.942. The Morgan fingerprint density at radius 3 is 2.75 bits per heavy atom. The van der Waals surface area contributed by atoms with E-state index in [1.54, 1.807) is 0 Å². The summed E-state index contributed by atoms with van der Waals surface area (Å²) in [5.41, 5.74) is 0. The van der Waals surface area contributed by atoms with Crippen LogP contribution in [0.1, 0.15) is 19.8 Å². The monoisotopic (exact) mass is 150 g/mol. The Morgan fingerprint density at radius 1 is 1.75 bits per heavy atom. The van der Waals surface area contributed by atoms with Gasteiger partial charge in [0.25, 0.3) is 0 Å². The van der Waals surface area contributed by atoms with E-state index in [4.69, 9.17) is 11.6 Å². The third-order valence-corrected chi connectivity index (χ3v) is 3.87. The smallest absolute Gasteiger partial charge is 0.0368 e. The summed E-state index contributed by atoms with van der Waals surface area (Å²) in [7, 11) is 0. The molecule has 0 spiro atoms. The van der Waals surface area contributed by atoms with E-state index in [2.05, 4.69) is 6.92 Å². The maximum Gasteiger partial charge on any atom is 0.0368 e. The second-order valence-corrected chi connectivity index (χ2v) is 4.49. The fourth-order valence-corrected chi connectivity index (χ4v) is 2.45. The van der Waals surface area contributed by atoms with Crippen LogP contribution in [0.25, 0.3) is 0 Å². The highest BCUT2D eigenvalue weighted by Gasteiger charge is 2.27. The second kappa shape index (κ2) is 2.49. The number of halogens is 1. The quantitative estimate of drug-likeness (QED) is 0.518. The van der Waals surface area contributed by atoms with Crippen LogP contribution in [0, 0.1) is 0 Å². The van der Waals surface area contributed by atoms with Crippen LogP contribution in [-0.2, 0) is 0 Å². The first kappa shape index (κ1) is 6.76. The van der Waals surface area contributed by atoms with Gasteiger partial charge in [0, 0.05) is 10.6 Å². The molecule has 1 heterocycles. The Kier molecular flexibility index (Phi) is 2.10. The summed E-state index contributed by atoms with van der Waals surface area (Å²) in [6.07, 6.45) is 2.66. The number of thioether (sulfide) groups is 1. The lowest BCUT2D eigenvalue weighted by atomic mass is 10.1. The molecule has 0 bridgehead atoms. The lowest BCUT2D eigenvalue weighted by Crippen LogP contribution is -2.16. The molecular formula is C6H11ClS. The zero-order valence-corrected chi connectivity index (χ0v) is 6.69. The lowest BCUT2D eigenvalue weighted by Gasteiger charge is -2.17. The number of alkyl halides is 1. The van der Waals surface area contributed by atoms with Crippen molar-refractivity contribution in [3.8, 4) is 0 Å². The van der Waals surface area contributed by atoms with Crippen molar-refractivity contribution in [2.45, 2.75) is 24.5 Å². The molecule has 1 saturated heterocycles. The van der Waals surface area contributed by atoms with Gasteiger partial charge in [0.2, 0.25) is 0 Å². The summed E-state index contributed by atoms with van der Waals surface area (Å²) in [6.45, 7) is 2.25. The summed E-state index contributed by atoms with van der Waals surface area (Å²) < 4.78 is 0.418. The molecular weight excluding hydrogens is 140 g/mol. The summed E-state index contributed by atoms with van der Waals surface area (Å²) in [5.74, 6) is 2.13. The van der Waals surface area contributed by atoms with E-state index in [1.807, 2.05) is 11.8 Å². The average molecular weight is 151 g/mol. The molecule has 2 heteroatoms. The molecule has 1 aliphatic heterocycles. The molecule has 48 valence electrons. The van der Waals surface area contributed by atoms with Crippen molar-refractivity contribution in [2.75, 3.05) is 11.6 Å². The van der Waals surface area contributed by atoms with Gasteiger partial charge in [-0.2, -0.15) is 11.8 Å². The van der Waals surface area contributed by atoms with Gasteiger partial charge in [-0.05, 0) is 25.5 Å². The van der Waals surface area contributed by atoms with Gasteiger partial charge >= 0.3 is 0 Å². The highest BCUT2D eigenvalue weighted by molar-refractivity contribution is 8.00. The lowest BCUT2D eigenvalue weighted by molar-refractivity contribution is 0.670. The van der Waals surface area contributed by atoms with E-state index in [0.717, 1.165) is 5.88 Å². The van der Waals surface area contributed by atoms with Gasteiger partial charge in [0.1, 0.15) is 0 Å². The maximum absolute atomic E-state index is 5.73. The normalized spacial score (nSPS) is 38.2. The molecule has 1 aliphatic rings. The number of rotatable bonds is 1. The topological polar surface area (TPSA) is 0 Å². The van der Waals surface area contributed by atoms with Gasteiger partial charge in [-0.1, -0.05) is 0 Å². The molecule has 0 saturated carbocycles. The van der Waals surface area contributed by atoms with Crippen molar-refractivity contribution < 1.29 is 0 Å². The average Bonchev–Trinajstić information content (AvgIpc) is 2.17. The first-order chi connectivity index (χ1) is 3.77. The van der Waals surface area contributed by atoms with Crippen molar-refractivity contribution in [3.05, 3.63) is 0 Å². The minimum atomic E-state index is 0.418. The van der Waals surface area contributed by atoms with Gasteiger partial charge in [-0.3, -0.25) is 0 Å². The summed E-state index contributed by atoms with van der Waals surface area (Å²) in [5, 5.41) is 0. The predicted octanol–water partition coefficient (Wildman–Crippen LogP) is 2.51. The van der Waals surface area contributed by atoms with Crippen LogP contribution in [0.15, 0.2) is 0 Å². The second-order valence-electron chi connectivity index (χ2n) is 2.54. The van der Waals surface area contributed by atoms with Gasteiger partial charge in [-0.25, -0.2) is 0 Å². The molecule has 8 heavy (non-hydrogen) atoms. The van der Waals surface area contributed by atoms with Crippen molar-refractivity contribution in [1.82, 2.24) is 0 Å². The van der Waals surface area contributed by atoms with Crippen LogP contribution in [0.3, 0.4) is 0 Å². The Morgan fingerprint density at radius 2 is 2.50 bits per heavy atom. The van der Waals surface area contributed by atoms with Crippen LogP contribution in [0.5, 0.6) is 0 Å². The highest BCUT2D eigenvalue weighted by Crippen LogP contribution is 2.38. The van der Waals surface area contributed by atoms with E-state index in [9.17, 15) is 0 Å². The van der Waals surface area contributed by atoms with Gasteiger partial charge in [-0.15, -0.1) is 11.6 Å². The predicted molar refractivity (Wildman–Crippen MR) is 40.8 cm³/mol. The van der Waals surface area contributed by atoms with Crippen LogP contribution in [-0.4, -0.2) is 16.4 Å². The molecule has 0 radical (unpaired) electrons. The van der Waals surface area contributed by atoms with Crippen LogP contribution >= 0.6 is 23.4 Å². The van der Waals surface area contributed by atoms with E-state index in [0.29, 0.717) is 4.75 Å². The molecule has 0 aromatic rings. The molecule has 0 aliphatic carbocycles. The molecule has 0 N–H and O–H groups in total. The molecule has 0 aromatic carbocycles. The first-order valence-corrected chi connectivity index (χ1v) is 4.49. The maximum atomic E-state index is 5.73. The molecule has 1 fully saturated rings. The Hall–Kier alpha value is 0.640. The van der Waals surface area contributed by atoms with Gasteiger partial charge in [0.05, 0.1) is 0 Å². The summed E-state index contributed by atoms with van der Waals surface area (Å²) in [4.78, 5) is 0. The van der Waals surface area contributed by atoms with E-state index in [1.165, 1.54) is 18.6 Å². The van der Waals surface area contributed by atoms with Crippen molar-refractivity contribution in [3.63, 3.8) is 0 Å². The first-order valence-electron chi connectivity index (χ1n) is 2.97. The van der Waals surface area contributed by atoms with Crippen molar-refractivity contribution in [2.24, 2.45) is 0 Å². The third-order valence-electron chi connectivity index (χ3n) is 1.58. The van der Waals surface area contributed by atoms with Crippen LogP contribution < -0.4 is 0 Å². The number of hydrogen-bond donors (Lipinski definition) is 0. The standard InChI is InChI=1S/C6H11ClS/c1-6(5-7)3-2-4-8-6/h2-5H2,1H3. The fraction of sp³-hybridized carbons (Fsp3) is 1.00. The summed E-state index contributed by atoms with van der Waals surface area (Å²) >= 11 is 7.74. The molecule has 1 atom stereocenters. The zero-order valence-electron chi connectivity index (χ0n) is 5.11. The van der Waals surface area contributed by atoms with Gasteiger partial charge in [0.15, 0.2) is 0 Å². The minimum absolute atomic E-state index is 0.418. The summed E-state index contributed by atoms with van der Waals surface area (Å²) in [6, 6.07) is 0. The van der Waals surface area contributed by atoms with Crippen LogP contribution in [0.2, 0.25) is 0 Å². The Labute approximate surface area is 60.0 Å². The third kappa shape index (κ3) is 1.32. The van der Waals surface area contributed by atoms with Crippen molar-refractivity contribution >= 4 is 23.4 Å². The molecule has 1 unspecified atom stereocenters. The van der Waals surface area contributed by atoms with Crippen LogP contribution in [0.4, 0.5) is 0 Å². The van der Waals surface area contributed by atoms with E-state index < -0.39 is 0 Å². The molecule has 1 rings (SSSR count). The molecule has 0 nitrogen and oxygen atoms in total. The van der Waals surface area contributed by atoms with E-state index in [-0.39, 0.29) is 0 Å². The molecule has 0 amide bonds. The highest BCUT2D eigenvalue weighted by atomic mass is 35.5. The van der Waals surface area contributed by atoms with Gasteiger partial charge < -0.3 is 0 Å². The minimum Gasteiger partial charge on any atom is -0.154 e. The SMILES string of the molecule is CC1(CCl)CCCS1. The van der Waals surface area contributed by atoms with E-state index >= 15 is 0 Å². The zero-order chi connectivity index (χ0) is 6.04. The Balaban J connectivity index is 2.40.